The summed E-state index contributed by atoms with van der Waals surface area (Å²) in [5.41, 5.74) is 2.17. The van der Waals surface area contributed by atoms with Crippen molar-refractivity contribution >= 4 is 27.5 Å². The van der Waals surface area contributed by atoms with Gasteiger partial charge in [-0.15, -0.1) is 5.10 Å². The Kier molecular flexibility index (Phi) is 4.15. The molecule has 0 atom stereocenters. The first-order valence-electron chi connectivity index (χ1n) is 7.67. The van der Waals surface area contributed by atoms with E-state index in [9.17, 15) is 18.3 Å². The highest BCUT2D eigenvalue weighted by Crippen LogP contribution is 2.26. The molecular weight excluding hydrogens is 358 g/mol. The molecule has 0 spiro atoms. The average Bonchev–Trinajstić information content (AvgIpc) is 2.95. The van der Waals surface area contributed by atoms with Gasteiger partial charge in [-0.1, -0.05) is 12.1 Å². The lowest BCUT2D eigenvalue weighted by Crippen LogP contribution is -2.18. The van der Waals surface area contributed by atoms with Gasteiger partial charge in [0, 0.05) is 11.4 Å². The number of aromatic nitrogens is 4. The van der Waals surface area contributed by atoms with Crippen LogP contribution in [0.3, 0.4) is 0 Å². The molecule has 1 aromatic carbocycles. The molecule has 0 saturated heterocycles. The number of nitrogens with one attached hydrogen (secondary N) is 1. The summed E-state index contributed by atoms with van der Waals surface area (Å²) in [6, 6.07) is 5.01. The molecule has 3 rings (SSSR count). The number of anilines is 1. The quantitative estimate of drug-likeness (QED) is 0.712. The van der Waals surface area contributed by atoms with Crippen molar-refractivity contribution in [1.29, 1.82) is 0 Å². The van der Waals surface area contributed by atoms with E-state index in [2.05, 4.69) is 19.8 Å². The zero-order valence-corrected chi connectivity index (χ0v) is 15.4. The lowest BCUT2D eigenvalue weighted by atomic mass is 10.0. The Bertz CT molecular complexity index is 1150. The van der Waals surface area contributed by atoms with E-state index < -0.39 is 21.1 Å². The van der Waals surface area contributed by atoms with Gasteiger partial charge in [-0.25, -0.2) is 14.3 Å². The first-order valence-corrected chi connectivity index (χ1v) is 9.16. The van der Waals surface area contributed by atoms with Gasteiger partial charge in [0.25, 0.3) is 21.0 Å². The van der Waals surface area contributed by atoms with Crippen molar-refractivity contribution in [1.82, 2.24) is 19.6 Å². The van der Waals surface area contributed by atoms with Gasteiger partial charge < -0.3 is 5.11 Å². The van der Waals surface area contributed by atoms with Crippen molar-refractivity contribution in [2.24, 2.45) is 0 Å². The monoisotopic (exact) mass is 375 g/mol. The summed E-state index contributed by atoms with van der Waals surface area (Å²) in [5, 5.41) is 13.0. The van der Waals surface area contributed by atoms with Crippen molar-refractivity contribution in [3.63, 3.8) is 0 Å². The summed E-state index contributed by atoms with van der Waals surface area (Å²) >= 11 is 0. The first-order chi connectivity index (χ1) is 12.1. The molecule has 0 bridgehead atoms. The second-order valence-corrected chi connectivity index (χ2v) is 7.58. The first kappa shape index (κ1) is 17.8. The molecule has 10 heteroatoms. The fourth-order valence-corrected chi connectivity index (χ4v) is 3.67. The topological polar surface area (TPSA) is 127 Å². The van der Waals surface area contributed by atoms with Gasteiger partial charge in [0.05, 0.1) is 11.3 Å². The van der Waals surface area contributed by atoms with E-state index in [-0.39, 0.29) is 17.0 Å². The fraction of sp³-hybridized carbons (Fsp3) is 0.250. The van der Waals surface area contributed by atoms with E-state index >= 15 is 0 Å². The number of rotatable bonds is 4. The van der Waals surface area contributed by atoms with Gasteiger partial charge >= 0.3 is 5.97 Å². The Morgan fingerprint density at radius 3 is 2.42 bits per heavy atom. The smallest absolute Gasteiger partial charge is 0.338 e. The minimum Gasteiger partial charge on any atom is -0.478 e. The molecule has 2 aromatic heterocycles. The van der Waals surface area contributed by atoms with Crippen LogP contribution in [0.2, 0.25) is 0 Å². The van der Waals surface area contributed by atoms with E-state index in [0.29, 0.717) is 22.5 Å². The fourth-order valence-electron chi connectivity index (χ4n) is 2.66. The molecule has 0 aliphatic rings. The number of carbonyl (C=O) groups is 1. The molecule has 26 heavy (non-hydrogen) atoms. The highest BCUT2D eigenvalue weighted by Gasteiger charge is 2.26. The van der Waals surface area contributed by atoms with E-state index in [4.69, 9.17) is 0 Å². The Labute approximate surface area is 149 Å². The number of carboxylic acids is 1. The Hall–Kier alpha value is -3.01. The van der Waals surface area contributed by atoms with Gasteiger partial charge in [0.15, 0.2) is 0 Å². The van der Waals surface area contributed by atoms with Crippen molar-refractivity contribution in [2.45, 2.75) is 32.9 Å². The largest absolute Gasteiger partial charge is 0.478 e. The van der Waals surface area contributed by atoms with Crippen LogP contribution >= 0.6 is 0 Å². The maximum absolute atomic E-state index is 12.7. The number of hydrogen-bond donors (Lipinski definition) is 2. The summed E-state index contributed by atoms with van der Waals surface area (Å²) < 4.78 is 29.1. The predicted octanol–water partition coefficient (Wildman–Crippen LogP) is 1.86. The van der Waals surface area contributed by atoms with Crippen LogP contribution in [0.15, 0.2) is 23.4 Å². The van der Waals surface area contributed by atoms with Crippen LogP contribution in [0, 0.1) is 27.7 Å². The molecule has 9 nitrogen and oxygen atoms in total. The second kappa shape index (κ2) is 6.06. The van der Waals surface area contributed by atoms with Crippen LogP contribution < -0.4 is 4.72 Å². The number of aryl methyl sites for hydroxylation is 4. The third-order valence-electron chi connectivity index (χ3n) is 3.91. The number of aromatic carboxylic acids is 1. The highest BCUT2D eigenvalue weighted by atomic mass is 32.2. The molecule has 136 valence electrons. The third kappa shape index (κ3) is 2.99. The minimum atomic E-state index is -4.20. The van der Waals surface area contributed by atoms with Crippen LogP contribution in [0.25, 0.3) is 5.78 Å². The van der Waals surface area contributed by atoms with E-state index in [1.807, 2.05) is 0 Å². The summed E-state index contributed by atoms with van der Waals surface area (Å²) in [4.78, 5) is 19.7. The standard InChI is InChI=1S/C16H17N5O4S/c1-8-5-6-9(2)13(12(8)14(22)23)20-26(24,25)16-18-15-17-10(3)7-11(4)21(15)19-16/h5-7,20H,1-4H3,(H,22,23). The van der Waals surface area contributed by atoms with Crippen LogP contribution in [0.1, 0.15) is 32.9 Å². The molecule has 0 radical (unpaired) electrons. The minimum absolute atomic E-state index is 0.00258. The molecule has 2 heterocycles. The van der Waals surface area contributed by atoms with E-state index in [1.165, 1.54) is 4.52 Å². The normalized spacial score (nSPS) is 11.7. The molecular formula is C16H17N5O4S. The molecule has 0 fully saturated rings. The molecule has 0 saturated carbocycles. The lowest BCUT2D eigenvalue weighted by molar-refractivity contribution is 0.0697. The highest BCUT2D eigenvalue weighted by molar-refractivity contribution is 7.92. The number of benzene rings is 1. The molecule has 0 unspecified atom stereocenters. The third-order valence-corrected chi connectivity index (χ3v) is 5.04. The molecule has 2 N–H and O–H groups in total. The Balaban J connectivity index is 2.13. The van der Waals surface area contributed by atoms with Gasteiger partial charge in [0.2, 0.25) is 0 Å². The molecule has 0 aliphatic carbocycles. The van der Waals surface area contributed by atoms with Crippen molar-refractivity contribution < 1.29 is 18.3 Å². The van der Waals surface area contributed by atoms with Crippen LogP contribution in [-0.2, 0) is 10.0 Å². The number of nitrogens with zero attached hydrogens (tertiary/aromatic N) is 4. The second-order valence-electron chi connectivity index (χ2n) is 6.01. The van der Waals surface area contributed by atoms with Crippen molar-refractivity contribution in [3.05, 3.63) is 46.3 Å². The van der Waals surface area contributed by atoms with Gasteiger partial charge in [-0.2, -0.15) is 13.4 Å². The maximum Gasteiger partial charge on any atom is 0.338 e. The van der Waals surface area contributed by atoms with Crippen LogP contribution in [-0.4, -0.2) is 39.1 Å². The maximum atomic E-state index is 12.7. The number of fused-ring (bicyclic) bond motifs is 1. The zero-order chi connectivity index (χ0) is 19.2. The summed E-state index contributed by atoms with van der Waals surface area (Å²) in [7, 11) is -4.20. The van der Waals surface area contributed by atoms with Gasteiger partial charge in [0.1, 0.15) is 0 Å². The van der Waals surface area contributed by atoms with Crippen molar-refractivity contribution in [3.8, 4) is 0 Å². The number of carboxylic acid groups (broad SMARTS) is 1. The van der Waals surface area contributed by atoms with Crippen LogP contribution in [0.5, 0.6) is 0 Å². The summed E-state index contributed by atoms with van der Waals surface area (Å²) in [6.07, 6.45) is 0. The van der Waals surface area contributed by atoms with Crippen molar-refractivity contribution in [2.75, 3.05) is 4.72 Å². The van der Waals surface area contributed by atoms with Gasteiger partial charge in [-0.3, -0.25) is 4.72 Å². The molecule has 3 aromatic rings. The SMILES string of the molecule is Cc1cc(C)n2nc(S(=O)(=O)Nc3c(C)ccc(C)c3C(=O)O)nc2n1. The lowest BCUT2D eigenvalue weighted by Gasteiger charge is -2.13. The van der Waals surface area contributed by atoms with Gasteiger partial charge in [-0.05, 0) is 44.9 Å². The Morgan fingerprint density at radius 2 is 1.77 bits per heavy atom. The number of hydrogen-bond acceptors (Lipinski definition) is 6. The van der Waals surface area contributed by atoms with Crippen LogP contribution in [0.4, 0.5) is 5.69 Å². The Morgan fingerprint density at radius 1 is 1.12 bits per heavy atom. The zero-order valence-electron chi connectivity index (χ0n) is 14.6. The van der Waals surface area contributed by atoms with E-state index in [1.54, 1.807) is 45.9 Å². The summed E-state index contributed by atoms with van der Waals surface area (Å²) in [5.74, 6) is -1.07. The summed E-state index contributed by atoms with van der Waals surface area (Å²) in [6.45, 7) is 6.74. The molecule has 0 amide bonds. The van der Waals surface area contributed by atoms with E-state index in [0.717, 1.165) is 0 Å². The average molecular weight is 375 g/mol. The number of sulfonamides is 1. The molecule has 0 aliphatic heterocycles. The predicted molar refractivity (Wildman–Crippen MR) is 93.9 cm³/mol.